The Balaban J connectivity index is 3.87. The van der Waals surface area contributed by atoms with E-state index in [-0.39, 0.29) is 11.9 Å². The van der Waals surface area contributed by atoms with Crippen molar-refractivity contribution in [2.45, 2.75) is 38.8 Å². The van der Waals surface area contributed by atoms with Crippen molar-refractivity contribution in [3.8, 4) is 6.07 Å². The summed E-state index contributed by atoms with van der Waals surface area (Å²) in [7, 11) is 0. The molecule has 68 valence electrons. The summed E-state index contributed by atoms with van der Waals surface area (Å²) in [4.78, 5) is 11.0. The Labute approximate surface area is 72.7 Å². The van der Waals surface area contributed by atoms with Gasteiger partial charge in [-0.2, -0.15) is 5.26 Å². The summed E-state index contributed by atoms with van der Waals surface area (Å²) in [5, 5.41) is 11.1. The molecule has 0 aromatic rings. The van der Waals surface area contributed by atoms with Crippen LogP contribution in [-0.4, -0.2) is 18.0 Å². The molecular formula is C8H15N3O. The van der Waals surface area contributed by atoms with Crippen LogP contribution in [0.2, 0.25) is 0 Å². The first kappa shape index (κ1) is 10.9. The predicted octanol–water partition coefficient (Wildman–Crippen LogP) is 0.142. The van der Waals surface area contributed by atoms with E-state index < -0.39 is 6.04 Å². The Morgan fingerprint density at radius 3 is 2.67 bits per heavy atom. The molecule has 1 amide bonds. The Morgan fingerprint density at radius 1 is 1.75 bits per heavy atom. The topological polar surface area (TPSA) is 78.9 Å². The van der Waals surface area contributed by atoms with Gasteiger partial charge in [0.25, 0.3) is 0 Å². The van der Waals surface area contributed by atoms with E-state index in [4.69, 9.17) is 11.0 Å². The summed E-state index contributed by atoms with van der Waals surface area (Å²) in [6.45, 7) is 3.54. The highest BCUT2D eigenvalue weighted by molar-refractivity contribution is 5.81. The number of rotatable bonds is 4. The SMILES string of the molecule is CCC(CC#N)NC(=O)C(C)N. The highest BCUT2D eigenvalue weighted by atomic mass is 16.2. The number of nitriles is 1. The van der Waals surface area contributed by atoms with Crippen LogP contribution in [0.4, 0.5) is 0 Å². The van der Waals surface area contributed by atoms with Gasteiger partial charge >= 0.3 is 0 Å². The molecule has 3 N–H and O–H groups in total. The van der Waals surface area contributed by atoms with Crippen LogP contribution >= 0.6 is 0 Å². The molecule has 0 saturated heterocycles. The zero-order valence-electron chi connectivity index (χ0n) is 7.50. The molecule has 0 aliphatic carbocycles. The molecular weight excluding hydrogens is 154 g/mol. The van der Waals surface area contributed by atoms with E-state index in [2.05, 4.69) is 5.32 Å². The average molecular weight is 169 g/mol. The molecule has 0 aromatic heterocycles. The van der Waals surface area contributed by atoms with E-state index in [1.807, 2.05) is 13.0 Å². The van der Waals surface area contributed by atoms with Crippen LogP contribution in [0.25, 0.3) is 0 Å². The fourth-order valence-electron chi connectivity index (χ4n) is 0.740. The molecule has 4 heteroatoms. The third-order valence-corrected chi connectivity index (χ3v) is 1.59. The third-order valence-electron chi connectivity index (χ3n) is 1.59. The number of carbonyl (C=O) groups excluding carboxylic acids is 1. The lowest BCUT2D eigenvalue weighted by atomic mass is 10.1. The number of nitrogens with two attached hydrogens (primary N) is 1. The lowest BCUT2D eigenvalue weighted by Crippen LogP contribution is -2.43. The van der Waals surface area contributed by atoms with Crippen LogP contribution in [0, 0.1) is 11.3 Å². The molecule has 0 heterocycles. The highest BCUT2D eigenvalue weighted by Gasteiger charge is 2.12. The average Bonchev–Trinajstić information content (AvgIpc) is 2.03. The van der Waals surface area contributed by atoms with Gasteiger partial charge in [-0.1, -0.05) is 6.92 Å². The summed E-state index contributed by atoms with van der Waals surface area (Å²) in [5.41, 5.74) is 5.34. The molecule has 12 heavy (non-hydrogen) atoms. The van der Waals surface area contributed by atoms with Gasteiger partial charge < -0.3 is 11.1 Å². The van der Waals surface area contributed by atoms with E-state index in [0.717, 1.165) is 6.42 Å². The minimum Gasteiger partial charge on any atom is -0.351 e. The van der Waals surface area contributed by atoms with Crippen molar-refractivity contribution in [2.24, 2.45) is 5.73 Å². The summed E-state index contributed by atoms with van der Waals surface area (Å²) < 4.78 is 0. The standard InChI is InChI=1S/C8H15N3O/c1-3-7(4-5-9)11-8(12)6(2)10/h6-7H,3-4,10H2,1-2H3,(H,11,12). The molecule has 0 aliphatic heterocycles. The second kappa shape index (κ2) is 5.56. The lowest BCUT2D eigenvalue weighted by Gasteiger charge is -2.14. The van der Waals surface area contributed by atoms with Crippen LogP contribution < -0.4 is 11.1 Å². The molecule has 0 radical (unpaired) electrons. The second-order valence-corrected chi connectivity index (χ2v) is 2.76. The van der Waals surface area contributed by atoms with Gasteiger partial charge in [0.15, 0.2) is 0 Å². The first-order valence-corrected chi connectivity index (χ1v) is 4.04. The molecule has 2 unspecified atom stereocenters. The van der Waals surface area contributed by atoms with Crippen LogP contribution in [0.3, 0.4) is 0 Å². The normalized spacial score (nSPS) is 14.5. The van der Waals surface area contributed by atoms with Crippen molar-refractivity contribution in [1.82, 2.24) is 5.32 Å². The van der Waals surface area contributed by atoms with E-state index in [0.29, 0.717) is 6.42 Å². The van der Waals surface area contributed by atoms with E-state index in [1.165, 1.54) is 0 Å². The predicted molar refractivity (Wildman–Crippen MR) is 46.1 cm³/mol. The van der Waals surface area contributed by atoms with Gasteiger partial charge in [-0.15, -0.1) is 0 Å². The smallest absolute Gasteiger partial charge is 0.236 e. The molecule has 0 rings (SSSR count). The molecule has 0 fully saturated rings. The third kappa shape index (κ3) is 3.94. The molecule has 0 aromatic carbocycles. The van der Waals surface area contributed by atoms with Crippen molar-refractivity contribution in [2.75, 3.05) is 0 Å². The maximum Gasteiger partial charge on any atom is 0.236 e. The highest BCUT2D eigenvalue weighted by Crippen LogP contribution is 1.95. The molecule has 0 spiro atoms. The number of hydrogen-bond donors (Lipinski definition) is 2. The van der Waals surface area contributed by atoms with Crippen molar-refractivity contribution in [1.29, 1.82) is 5.26 Å². The number of nitrogens with one attached hydrogen (secondary N) is 1. The van der Waals surface area contributed by atoms with E-state index in [9.17, 15) is 4.79 Å². The van der Waals surface area contributed by atoms with Crippen LogP contribution in [-0.2, 0) is 4.79 Å². The van der Waals surface area contributed by atoms with Gasteiger partial charge in [-0.25, -0.2) is 0 Å². The number of nitrogens with zero attached hydrogens (tertiary/aromatic N) is 1. The minimum atomic E-state index is -0.502. The molecule has 0 saturated carbocycles. The van der Waals surface area contributed by atoms with Crippen molar-refractivity contribution in [3.05, 3.63) is 0 Å². The maximum absolute atomic E-state index is 11.0. The fourth-order valence-corrected chi connectivity index (χ4v) is 0.740. The second-order valence-electron chi connectivity index (χ2n) is 2.76. The van der Waals surface area contributed by atoms with Gasteiger partial charge in [-0.3, -0.25) is 4.79 Å². The Hall–Kier alpha value is -1.08. The zero-order chi connectivity index (χ0) is 9.56. The van der Waals surface area contributed by atoms with Crippen LogP contribution in [0.5, 0.6) is 0 Å². The molecule has 0 aliphatic rings. The van der Waals surface area contributed by atoms with Crippen molar-refractivity contribution < 1.29 is 4.79 Å². The van der Waals surface area contributed by atoms with Gasteiger partial charge in [0.1, 0.15) is 0 Å². The largest absolute Gasteiger partial charge is 0.351 e. The summed E-state index contributed by atoms with van der Waals surface area (Å²) in [6.07, 6.45) is 1.10. The summed E-state index contributed by atoms with van der Waals surface area (Å²) in [6, 6.07) is 1.44. The Bertz CT molecular complexity index is 183. The zero-order valence-corrected chi connectivity index (χ0v) is 7.50. The van der Waals surface area contributed by atoms with Gasteiger partial charge in [-0.05, 0) is 13.3 Å². The lowest BCUT2D eigenvalue weighted by molar-refractivity contribution is -0.122. The number of amides is 1. The van der Waals surface area contributed by atoms with Gasteiger partial charge in [0.05, 0.1) is 18.5 Å². The fraction of sp³-hybridized carbons (Fsp3) is 0.750. The summed E-state index contributed by atoms with van der Waals surface area (Å²) >= 11 is 0. The first-order valence-electron chi connectivity index (χ1n) is 4.04. The number of hydrogen-bond acceptors (Lipinski definition) is 3. The summed E-state index contributed by atoms with van der Waals surface area (Å²) in [5.74, 6) is -0.197. The molecule has 0 bridgehead atoms. The van der Waals surface area contributed by atoms with Crippen LogP contribution in [0.15, 0.2) is 0 Å². The van der Waals surface area contributed by atoms with Gasteiger partial charge in [0, 0.05) is 6.04 Å². The molecule has 4 nitrogen and oxygen atoms in total. The van der Waals surface area contributed by atoms with E-state index in [1.54, 1.807) is 6.92 Å². The Kier molecular flexibility index (Phi) is 5.06. The monoisotopic (exact) mass is 169 g/mol. The van der Waals surface area contributed by atoms with Crippen molar-refractivity contribution >= 4 is 5.91 Å². The number of carbonyl (C=O) groups is 1. The Morgan fingerprint density at radius 2 is 2.33 bits per heavy atom. The quantitative estimate of drug-likeness (QED) is 0.628. The minimum absolute atomic E-state index is 0.0616. The van der Waals surface area contributed by atoms with Gasteiger partial charge in [0.2, 0.25) is 5.91 Å². The molecule has 2 atom stereocenters. The van der Waals surface area contributed by atoms with Crippen LogP contribution in [0.1, 0.15) is 26.7 Å². The van der Waals surface area contributed by atoms with E-state index >= 15 is 0 Å². The maximum atomic E-state index is 11.0. The van der Waals surface area contributed by atoms with Crippen molar-refractivity contribution in [3.63, 3.8) is 0 Å². The first-order chi connectivity index (χ1) is 5.61.